The van der Waals surface area contributed by atoms with Gasteiger partial charge in [-0.15, -0.1) is 11.3 Å². The van der Waals surface area contributed by atoms with E-state index in [0.29, 0.717) is 23.5 Å². The van der Waals surface area contributed by atoms with Gasteiger partial charge in [0.1, 0.15) is 0 Å². The summed E-state index contributed by atoms with van der Waals surface area (Å²) in [6.45, 7) is 0.447. The lowest BCUT2D eigenvalue weighted by Gasteiger charge is -2.13. The van der Waals surface area contributed by atoms with Gasteiger partial charge in [0, 0.05) is 21.8 Å². The monoisotopic (exact) mass is 463 g/mol. The summed E-state index contributed by atoms with van der Waals surface area (Å²) in [4.78, 5) is 13.3. The van der Waals surface area contributed by atoms with Crippen LogP contribution in [0.4, 0.5) is 16.2 Å². The molecule has 1 aromatic heterocycles. The molecule has 4 aromatic rings. The number of carbonyl (C=O) groups excluding carboxylic acids is 1. The Kier molecular flexibility index (Phi) is 6.53. The van der Waals surface area contributed by atoms with Crippen molar-refractivity contribution in [2.75, 3.05) is 10.0 Å². The second-order valence-corrected chi connectivity index (χ2v) is 9.62. The van der Waals surface area contributed by atoms with Gasteiger partial charge in [-0.1, -0.05) is 54.6 Å². The summed E-state index contributed by atoms with van der Waals surface area (Å²) in [5, 5.41) is 7.46. The van der Waals surface area contributed by atoms with Gasteiger partial charge < -0.3 is 10.6 Å². The molecule has 2 amide bonds. The molecule has 3 N–H and O–H groups in total. The third-order valence-electron chi connectivity index (χ3n) is 4.66. The largest absolute Gasteiger partial charge is 0.333 e. The standard InChI is InChI=1S/C24H21N3O3S2/c28-24(25-17-21-9-6-16-31-21)26-19-12-14-20(15-13-19)27-32(29,30)23-11-5-4-10-22(23)18-7-2-1-3-8-18/h1-16,27H,17H2,(H2,25,26,28). The van der Waals surface area contributed by atoms with Crippen molar-refractivity contribution >= 4 is 38.8 Å². The first kappa shape index (κ1) is 21.6. The highest BCUT2D eigenvalue weighted by Gasteiger charge is 2.19. The van der Waals surface area contributed by atoms with Crippen LogP contribution < -0.4 is 15.4 Å². The molecule has 0 spiro atoms. The number of sulfonamides is 1. The predicted molar refractivity (Wildman–Crippen MR) is 129 cm³/mol. The molecule has 0 radical (unpaired) electrons. The molecule has 0 aliphatic heterocycles. The summed E-state index contributed by atoms with van der Waals surface area (Å²) >= 11 is 1.57. The summed E-state index contributed by atoms with van der Waals surface area (Å²) in [5.41, 5.74) is 2.40. The topological polar surface area (TPSA) is 87.3 Å². The Morgan fingerprint density at radius 1 is 0.781 bits per heavy atom. The molecule has 4 rings (SSSR count). The average molecular weight is 464 g/mol. The van der Waals surface area contributed by atoms with Crippen LogP contribution in [0.5, 0.6) is 0 Å². The number of benzene rings is 3. The van der Waals surface area contributed by atoms with Crippen LogP contribution in [0.25, 0.3) is 11.1 Å². The molecule has 0 aliphatic carbocycles. The third kappa shape index (κ3) is 5.35. The average Bonchev–Trinajstić information content (AvgIpc) is 3.33. The molecule has 0 aliphatic rings. The maximum atomic E-state index is 13.1. The number of nitrogens with one attached hydrogen (secondary N) is 3. The van der Waals surface area contributed by atoms with Crippen molar-refractivity contribution < 1.29 is 13.2 Å². The lowest BCUT2D eigenvalue weighted by atomic mass is 10.1. The number of anilines is 2. The fourth-order valence-electron chi connectivity index (χ4n) is 3.14. The number of carbonyl (C=O) groups is 1. The maximum absolute atomic E-state index is 13.1. The van der Waals surface area contributed by atoms with E-state index in [-0.39, 0.29) is 10.9 Å². The number of hydrogen-bond acceptors (Lipinski definition) is 4. The van der Waals surface area contributed by atoms with Crippen molar-refractivity contribution in [1.29, 1.82) is 0 Å². The van der Waals surface area contributed by atoms with E-state index < -0.39 is 10.0 Å². The molecule has 162 valence electrons. The lowest BCUT2D eigenvalue weighted by Crippen LogP contribution is -2.27. The number of hydrogen-bond donors (Lipinski definition) is 3. The summed E-state index contributed by atoms with van der Waals surface area (Å²) in [6.07, 6.45) is 0. The van der Waals surface area contributed by atoms with E-state index in [2.05, 4.69) is 15.4 Å². The van der Waals surface area contributed by atoms with Crippen molar-refractivity contribution in [1.82, 2.24) is 5.32 Å². The highest BCUT2D eigenvalue weighted by atomic mass is 32.2. The van der Waals surface area contributed by atoms with Crippen molar-refractivity contribution in [2.24, 2.45) is 0 Å². The number of rotatable bonds is 7. The summed E-state index contributed by atoms with van der Waals surface area (Å²) in [5.74, 6) is 0. The normalized spacial score (nSPS) is 11.0. The van der Waals surface area contributed by atoms with Crippen molar-refractivity contribution in [3.63, 3.8) is 0 Å². The molecule has 3 aromatic carbocycles. The third-order valence-corrected chi connectivity index (χ3v) is 6.98. The molecule has 0 unspecified atom stereocenters. The zero-order valence-corrected chi connectivity index (χ0v) is 18.6. The fourth-order valence-corrected chi connectivity index (χ4v) is 5.08. The first-order valence-electron chi connectivity index (χ1n) is 9.86. The molecule has 0 fully saturated rings. The second kappa shape index (κ2) is 9.67. The smallest absolute Gasteiger partial charge is 0.319 e. The Labute approximate surface area is 191 Å². The van der Waals surface area contributed by atoms with Crippen LogP contribution >= 0.6 is 11.3 Å². The highest BCUT2D eigenvalue weighted by Crippen LogP contribution is 2.28. The second-order valence-electron chi connectivity index (χ2n) is 6.93. The zero-order valence-electron chi connectivity index (χ0n) is 17.0. The van der Waals surface area contributed by atoms with Gasteiger partial charge in [-0.2, -0.15) is 0 Å². The molecular formula is C24H21N3O3S2. The van der Waals surface area contributed by atoms with Crippen LogP contribution in [0, 0.1) is 0 Å². The van der Waals surface area contributed by atoms with E-state index >= 15 is 0 Å². The van der Waals surface area contributed by atoms with Crippen LogP contribution in [-0.2, 0) is 16.6 Å². The van der Waals surface area contributed by atoms with E-state index in [4.69, 9.17) is 0 Å². The van der Waals surface area contributed by atoms with Gasteiger partial charge in [-0.3, -0.25) is 4.72 Å². The van der Waals surface area contributed by atoms with E-state index in [0.717, 1.165) is 10.4 Å². The fraction of sp³-hybridized carbons (Fsp3) is 0.0417. The first-order valence-corrected chi connectivity index (χ1v) is 12.2. The molecule has 0 atom stereocenters. The molecular weight excluding hydrogens is 442 g/mol. The Bertz CT molecular complexity index is 1290. The van der Waals surface area contributed by atoms with Crippen LogP contribution in [-0.4, -0.2) is 14.4 Å². The van der Waals surface area contributed by atoms with Crippen molar-refractivity contribution in [2.45, 2.75) is 11.4 Å². The lowest BCUT2D eigenvalue weighted by molar-refractivity contribution is 0.252. The number of thiophene rings is 1. The Balaban J connectivity index is 1.44. The highest BCUT2D eigenvalue weighted by molar-refractivity contribution is 7.92. The van der Waals surface area contributed by atoms with E-state index in [1.807, 2.05) is 53.9 Å². The first-order chi connectivity index (χ1) is 15.5. The summed E-state index contributed by atoms with van der Waals surface area (Å²) in [7, 11) is -3.81. The van der Waals surface area contributed by atoms with Crippen molar-refractivity contribution in [3.8, 4) is 11.1 Å². The van der Waals surface area contributed by atoms with Crippen LogP contribution in [0.1, 0.15) is 4.88 Å². The summed E-state index contributed by atoms with van der Waals surface area (Å²) < 4.78 is 28.7. The molecule has 1 heterocycles. The number of amides is 2. The minimum Gasteiger partial charge on any atom is -0.333 e. The Hall–Kier alpha value is -3.62. The zero-order chi connectivity index (χ0) is 22.4. The Morgan fingerprint density at radius 3 is 2.19 bits per heavy atom. The molecule has 6 nitrogen and oxygen atoms in total. The van der Waals surface area contributed by atoms with Gasteiger partial charge in [-0.25, -0.2) is 13.2 Å². The SMILES string of the molecule is O=C(NCc1cccs1)Nc1ccc(NS(=O)(=O)c2ccccc2-c2ccccc2)cc1. The van der Waals surface area contributed by atoms with Gasteiger partial charge in [0.05, 0.1) is 11.4 Å². The van der Waals surface area contributed by atoms with E-state index in [1.54, 1.807) is 53.8 Å². The summed E-state index contributed by atoms with van der Waals surface area (Å²) in [6, 6.07) is 26.3. The van der Waals surface area contributed by atoms with Crippen LogP contribution in [0.3, 0.4) is 0 Å². The molecule has 0 saturated carbocycles. The Morgan fingerprint density at radius 2 is 1.47 bits per heavy atom. The molecule has 32 heavy (non-hydrogen) atoms. The molecule has 0 saturated heterocycles. The quantitative estimate of drug-likeness (QED) is 0.336. The van der Waals surface area contributed by atoms with Gasteiger partial charge in [0.25, 0.3) is 10.0 Å². The minimum absolute atomic E-state index is 0.196. The van der Waals surface area contributed by atoms with Crippen LogP contribution in [0.15, 0.2) is 101 Å². The molecule has 8 heteroatoms. The van der Waals surface area contributed by atoms with Crippen LogP contribution in [0.2, 0.25) is 0 Å². The number of urea groups is 1. The molecule has 0 bridgehead atoms. The minimum atomic E-state index is -3.81. The van der Waals surface area contributed by atoms with E-state index in [1.165, 1.54) is 0 Å². The maximum Gasteiger partial charge on any atom is 0.319 e. The van der Waals surface area contributed by atoms with Gasteiger partial charge >= 0.3 is 6.03 Å². The van der Waals surface area contributed by atoms with Gasteiger partial charge in [-0.05, 0) is 47.3 Å². The van der Waals surface area contributed by atoms with Gasteiger partial charge in [0.2, 0.25) is 0 Å². The van der Waals surface area contributed by atoms with Gasteiger partial charge in [0.15, 0.2) is 0 Å². The van der Waals surface area contributed by atoms with E-state index in [9.17, 15) is 13.2 Å². The predicted octanol–water partition coefficient (Wildman–Crippen LogP) is 5.54. The van der Waals surface area contributed by atoms with Crippen molar-refractivity contribution in [3.05, 3.63) is 101 Å².